The molecule has 4 nitrogen and oxygen atoms in total. The molecule has 3 aromatic rings. The monoisotopic (exact) mass is 312 g/mol. The number of carbonyl (C=O) groups is 1. The number of benzene rings is 2. The summed E-state index contributed by atoms with van der Waals surface area (Å²) in [5.74, 6) is 0.463. The minimum atomic E-state index is -0.212. The number of thiazole rings is 1. The van der Waals surface area contributed by atoms with E-state index in [1.165, 1.54) is 22.5 Å². The number of nitrogens with zero attached hydrogens (tertiary/aromatic N) is 1. The van der Waals surface area contributed by atoms with Crippen LogP contribution in [0.2, 0.25) is 0 Å². The zero-order valence-corrected chi connectivity index (χ0v) is 13.2. The number of carbonyl (C=O) groups excluding carboxylic acids is 1. The van der Waals surface area contributed by atoms with E-state index < -0.39 is 0 Å². The highest BCUT2D eigenvalue weighted by atomic mass is 32.1. The molecule has 0 spiro atoms. The third-order valence-electron chi connectivity index (χ3n) is 3.36. The fourth-order valence-electron chi connectivity index (χ4n) is 2.05. The second-order valence-corrected chi connectivity index (χ2v) is 6.10. The molecule has 0 saturated heterocycles. The molecule has 0 bridgehead atoms. The minimum absolute atomic E-state index is 0.0298. The molecule has 0 aliphatic carbocycles. The number of rotatable bonds is 4. The number of hydrogen-bond acceptors (Lipinski definition) is 4. The first kappa shape index (κ1) is 14.5. The first-order chi connectivity index (χ1) is 10.6. The van der Waals surface area contributed by atoms with Gasteiger partial charge in [0.1, 0.15) is 5.75 Å². The maximum atomic E-state index is 11.9. The number of amides is 1. The zero-order valence-electron chi connectivity index (χ0n) is 12.4. The van der Waals surface area contributed by atoms with Gasteiger partial charge in [-0.2, -0.15) is 0 Å². The average molecular weight is 312 g/mol. The van der Waals surface area contributed by atoms with E-state index in [0.29, 0.717) is 10.9 Å². The number of nitrogens with one attached hydrogen (secondary N) is 1. The van der Waals surface area contributed by atoms with Gasteiger partial charge in [0.15, 0.2) is 11.7 Å². The molecule has 0 aliphatic heterocycles. The van der Waals surface area contributed by atoms with Crippen LogP contribution in [0.5, 0.6) is 5.75 Å². The molecule has 5 heteroatoms. The van der Waals surface area contributed by atoms with Gasteiger partial charge in [-0.3, -0.25) is 10.1 Å². The van der Waals surface area contributed by atoms with Gasteiger partial charge in [-0.05, 0) is 49.2 Å². The smallest absolute Gasteiger partial charge is 0.264 e. The van der Waals surface area contributed by atoms with Gasteiger partial charge in [-0.1, -0.05) is 29.5 Å². The van der Waals surface area contributed by atoms with Crippen LogP contribution in [0.3, 0.4) is 0 Å². The Morgan fingerprint density at radius 1 is 1.18 bits per heavy atom. The summed E-state index contributed by atoms with van der Waals surface area (Å²) < 4.78 is 6.49. The number of anilines is 1. The molecular weight excluding hydrogens is 296 g/mol. The van der Waals surface area contributed by atoms with Crippen molar-refractivity contribution in [2.45, 2.75) is 13.8 Å². The summed E-state index contributed by atoms with van der Waals surface area (Å²) in [7, 11) is 0. The molecule has 3 rings (SSSR count). The van der Waals surface area contributed by atoms with Crippen LogP contribution in [0, 0.1) is 13.8 Å². The summed E-state index contributed by atoms with van der Waals surface area (Å²) in [5.41, 5.74) is 3.33. The number of aromatic nitrogens is 1. The summed E-state index contributed by atoms with van der Waals surface area (Å²) in [5, 5.41) is 3.38. The van der Waals surface area contributed by atoms with Gasteiger partial charge in [0.2, 0.25) is 0 Å². The Labute approximate surface area is 132 Å². The molecule has 0 unspecified atom stereocenters. The van der Waals surface area contributed by atoms with Crippen molar-refractivity contribution in [3.8, 4) is 5.75 Å². The van der Waals surface area contributed by atoms with Crippen molar-refractivity contribution in [3.05, 3.63) is 53.6 Å². The molecule has 112 valence electrons. The van der Waals surface area contributed by atoms with E-state index in [2.05, 4.69) is 30.2 Å². The summed E-state index contributed by atoms with van der Waals surface area (Å²) in [6.07, 6.45) is 0. The molecule has 1 amide bonds. The molecule has 0 radical (unpaired) electrons. The van der Waals surface area contributed by atoms with Crippen molar-refractivity contribution in [1.82, 2.24) is 4.98 Å². The summed E-state index contributed by atoms with van der Waals surface area (Å²) >= 11 is 1.47. The van der Waals surface area contributed by atoms with E-state index >= 15 is 0 Å². The lowest BCUT2D eigenvalue weighted by molar-refractivity contribution is -0.118. The first-order valence-corrected chi connectivity index (χ1v) is 7.79. The second kappa shape index (κ2) is 6.15. The fraction of sp³-hybridized carbons (Fsp3) is 0.176. The van der Waals surface area contributed by atoms with Gasteiger partial charge in [-0.15, -0.1) is 0 Å². The number of hydrogen-bond donors (Lipinski definition) is 1. The van der Waals surface area contributed by atoms with Crippen molar-refractivity contribution in [3.63, 3.8) is 0 Å². The van der Waals surface area contributed by atoms with E-state index in [0.717, 1.165) is 10.2 Å². The molecule has 2 aromatic carbocycles. The van der Waals surface area contributed by atoms with Crippen molar-refractivity contribution in [2.24, 2.45) is 0 Å². The van der Waals surface area contributed by atoms with Crippen LogP contribution in [-0.2, 0) is 4.79 Å². The number of ether oxygens (including phenoxy) is 1. The predicted molar refractivity (Wildman–Crippen MR) is 89.7 cm³/mol. The highest BCUT2D eigenvalue weighted by Crippen LogP contribution is 2.28. The van der Waals surface area contributed by atoms with Crippen molar-refractivity contribution < 1.29 is 9.53 Å². The summed E-state index contributed by atoms with van der Waals surface area (Å²) in [6, 6.07) is 13.4. The molecule has 0 atom stereocenters. The van der Waals surface area contributed by atoms with Gasteiger partial charge >= 0.3 is 0 Å². The molecule has 0 aliphatic rings. The van der Waals surface area contributed by atoms with E-state index in [1.54, 1.807) is 0 Å². The highest BCUT2D eigenvalue weighted by molar-refractivity contribution is 7.22. The van der Waals surface area contributed by atoms with E-state index in [-0.39, 0.29) is 12.5 Å². The van der Waals surface area contributed by atoms with Crippen molar-refractivity contribution in [2.75, 3.05) is 11.9 Å². The van der Waals surface area contributed by atoms with Crippen LogP contribution >= 0.6 is 11.3 Å². The molecule has 0 fully saturated rings. The summed E-state index contributed by atoms with van der Waals surface area (Å²) in [6.45, 7) is 4.10. The summed E-state index contributed by atoms with van der Waals surface area (Å²) in [4.78, 5) is 16.4. The molecule has 0 saturated carbocycles. The predicted octanol–water partition coefficient (Wildman–Crippen LogP) is 3.93. The zero-order chi connectivity index (χ0) is 15.5. The van der Waals surface area contributed by atoms with E-state index in [9.17, 15) is 4.79 Å². The van der Waals surface area contributed by atoms with Crippen LogP contribution in [0.1, 0.15) is 11.1 Å². The maximum Gasteiger partial charge on any atom is 0.264 e. The average Bonchev–Trinajstić information content (AvgIpc) is 2.88. The second-order valence-electron chi connectivity index (χ2n) is 5.07. The Kier molecular flexibility index (Phi) is 4.06. The Hall–Kier alpha value is -2.40. The standard InChI is InChI=1S/C17H16N2O2S/c1-11-8-14-15(9-12(11)2)22-17(18-14)19-16(20)10-21-13-6-4-3-5-7-13/h3-9H,10H2,1-2H3,(H,18,19,20). The fourth-order valence-corrected chi connectivity index (χ4v) is 3.02. The van der Waals surface area contributed by atoms with Crippen molar-refractivity contribution >= 4 is 32.6 Å². The Morgan fingerprint density at radius 3 is 2.68 bits per heavy atom. The van der Waals surface area contributed by atoms with Gasteiger partial charge in [0.05, 0.1) is 10.2 Å². The number of aryl methyl sites for hydroxylation is 2. The van der Waals surface area contributed by atoms with Crippen LogP contribution in [0.25, 0.3) is 10.2 Å². The number of para-hydroxylation sites is 1. The van der Waals surface area contributed by atoms with Crippen LogP contribution < -0.4 is 10.1 Å². The van der Waals surface area contributed by atoms with Crippen molar-refractivity contribution in [1.29, 1.82) is 0 Å². The van der Waals surface area contributed by atoms with Crippen LogP contribution in [0.4, 0.5) is 5.13 Å². The minimum Gasteiger partial charge on any atom is -0.484 e. The van der Waals surface area contributed by atoms with E-state index in [4.69, 9.17) is 4.74 Å². The van der Waals surface area contributed by atoms with Gasteiger partial charge in [-0.25, -0.2) is 4.98 Å². The quantitative estimate of drug-likeness (QED) is 0.794. The Bertz CT molecular complexity index is 773. The van der Waals surface area contributed by atoms with Crippen LogP contribution in [0.15, 0.2) is 42.5 Å². The lowest BCUT2D eigenvalue weighted by Gasteiger charge is -2.04. The van der Waals surface area contributed by atoms with Gasteiger partial charge < -0.3 is 4.74 Å². The maximum absolute atomic E-state index is 11.9. The normalized spacial score (nSPS) is 10.6. The lowest BCUT2D eigenvalue weighted by Crippen LogP contribution is -2.19. The molecule has 22 heavy (non-hydrogen) atoms. The van der Waals surface area contributed by atoms with E-state index in [1.807, 2.05) is 36.4 Å². The van der Waals surface area contributed by atoms with Crippen LogP contribution in [-0.4, -0.2) is 17.5 Å². The Morgan fingerprint density at radius 2 is 1.91 bits per heavy atom. The first-order valence-electron chi connectivity index (χ1n) is 6.97. The topological polar surface area (TPSA) is 51.2 Å². The highest BCUT2D eigenvalue weighted by Gasteiger charge is 2.09. The van der Waals surface area contributed by atoms with Gasteiger partial charge in [0.25, 0.3) is 5.91 Å². The lowest BCUT2D eigenvalue weighted by atomic mass is 10.1. The van der Waals surface area contributed by atoms with Gasteiger partial charge in [0, 0.05) is 0 Å². The molecule has 1 N–H and O–H groups in total. The third kappa shape index (κ3) is 3.26. The number of fused-ring (bicyclic) bond motifs is 1. The molecule has 1 heterocycles. The third-order valence-corrected chi connectivity index (χ3v) is 4.30. The SMILES string of the molecule is Cc1cc2nc(NC(=O)COc3ccccc3)sc2cc1C. The molecule has 1 aromatic heterocycles. The largest absolute Gasteiger partial charge is 0.484 e. The Balaban J connectivity index is 1.66. The molecular formula is C17H16N2O2S.